The highest BCUT2D eigenvalue weighted by molar-refractivity contribution is 6.04. The molecule has 1 aromatic heterocycles. The van der Waals surface area contributed by atoms with Gasteiger partial charge in [-0.2, -0.15) is 0 Å². The summed E-state index contributed by atoms with van der Waals surface area (Å²) < 4.78 is 0. The fourth-order valence-electron chi connectivity index (χ4n) is 2.63. The molecule has 0 amide bonds. The van der Waals surface area contributed by atoms with Crippen molar-refractivity contribution in [1.82, 2.24) is 4.98 Å². The molecule has 3 rings (SSSR count). The highest BCUT2D eigenvalue weighted by Crippen LogP contribution is 2.29. The molecule has 116 valence electrons. The van der Waals surface area contributed by atoms with Gasteiger partial charge in [-0.15, -0.1) is 0 Å². The zero-order valence-corrected chi connectivity index (χ0v) is 13.5. The number of hydrogen-bond donors (Lipinski definition) is 1. The van der Waals surface area contributed by atoms with Gasteiger partial charge >= 0.3 is 5.97 Å². The molecule has 0 aliphatic carbocycles. The smallest absolute Gasteiger partial charge is 0.336 e. The third-order valence-corrected chi connectivity index (χ3v) is 3.97. The van der Waals surface area contributed by atoms with Crippen LogP contribution >= 0.6 is 0 Å². The molecule has 0 aliphatic heterocycles. The Labute approximate surface area is 135 Å². The Balaban J connectivity index is 2.28. The molecule has 3 aromatic rings. The highest BCUT2D eigenvalue weighted by atomic mass is 16.4. The summed E-state index contributed by atoms with van der Waals surface area (Å²) in [6, 6.07) is 17.2. The minimum Gasteiger partial charge on any atom is -0.478 e. The largest absolute Gasteiger partial charge is 0.478 e. The van der Waals surface area contributed by atoms with Crippen LogP contribution in [0, 0.1) is 0 Å². The van der Waals surface area contributed by atoms with E-state index in [-0.39, 0.29) is 5.41 Å². The monoisotopic (exact) mass is 305 g/mol. The number of nitrogens with zero attached hydrogens (tertiary/aromatic N) is 1. The third-order valence-electron chi connectivity index (χ3n) is 3.97. The van der Waals surface area contributed by atoms with E-state index < -0.39 is 5.97 Å². The number of carboxylic acids is 1. The van der Waals surface area contributed by atoms with Crippen molar-refractivity contribution in [3.05, 3.63) is 65.7 Å². The van der Waals surface area contributed by atoms with E-state index in [0.717, 1.165) is 11.1 Å². The Kier molecular flexibility index (Phi) is 3.64. The first-order chi connectivity index (χ1) is 10.9. The second kappa shape index (κ2) is 5.51. The lowest BCUT2D eigenvalue weighted by molar-refractivity contribution is 0.0699. The number of aromatic carboxylic acids is 1. The molecule has 2 aromatic carbocycles. The minimum absolute atomic E-state index is 0.0396. The first kappa shape index (κ1) is 15.2. The summed E-state index contributed by atoms with van der Waals surface area (Å²) in [5.41, 5.74) is 3.65. The normalized spacial score (nSPS) is 11.6. The molecule has 0 atom stereocenters. The Bertz CT molecular complexity index is 877. The molecule has 23 heavy (non-hydrogen) atoms. The molecule has 1 N–H and O–H groups in total. The van der Waals surface area contributed by atoms with Gasteiger partial charge in [0.1, 0.15) is 0 Å². The number of carbonyl (C=O) groups is 1. The number of hydrogen-bond acceptors (Lipinski definition) is 2. The molecule has 0 spiro atoms. The van der Waals surface area contributed by atoms with Gasteiger partial charge in [-0.25, -0.2) is 9.78 Å². The van der Waals surface area contributed by atoms with Crippen molar-refractivity contribution < 1.29 is 9.90 Å². The molecule has 3 nitrogen and oxygen atoms in total. The van der Waals surface area contributed by atoms with Crippen LogP contribution < -0.4 is 0 Å². The Hall–Kier alpha value is -2.68. The quantitative estimate of drug-likeness (QED) is 0.732. The molecule has 0 saturated carbocycles. The van der Waals surface area contributed by atoms with Gasteiger partial charge in [0, 0.05) is 10.9 Å². The van der Waals surface area contributed by atoms with Gasteiger partial charge in [0.25, 0.3) is 0 Å². The zero-order chi connectivity index (χ0) is 16.6. The summed E-state index contributed by atoms with van der Waals surface area (Å²) >= 11 is 0. The molecule has 3 heteroatoms. The first-order valence-electron chi connectivity index (χ1n) is 7.60. The molecule has 0 fully saturated rings. The fourth-order valence-corrected chi connectivity index (χ4v) is 2.63. The predicted octanol–water partition coefficient (Wildman–Crippen LogP) is 4.90. The van der Waals surface area contributed by atoms with Gasteiger partial charge in [-0.1, -0.05) is 57.2 Å². The number of aromatic nitrogens is 1. The molecular weight excluding hydrogens is 286 g/mol. The SMILES string of the molecule is CC(C)(C)c1ccc2nc(-c3ccccc3)cc(C(=O)O)c2c1. The Morgan fingerprint density at radius 1 is 1.00 bits per heavy atom. The second-order valence-corrected chi connectivity index (χ2v) is 6.71. The predicted molar refractivity (Wildman–Crippen MR) is 92.8 cm³/mol. The van der Waals surface area contributed by atoms with Crippen LogP contribution in [0.3, 0.4) is 0 Å². The molecule has 0 saturated heterocycles. The molecule has 0 unspecified atom stereocenters. The summed E-state index contributed by atoms with van der Waals surface area (Å²) in [5, 5.41) is 10.3. The number of rotatable bonds is 2. The molecule has 1 heterocycles. The lowest BCUT2D eigenvalue weighted by atomic mass is 9.86. The molecule has 0 aliphatic rings. The van der Waals surface area contributed by atoms with Crippen molar-refractivity contribution in [3.8, 4) is 11.3 Å². The fraction of sp³-hybridized carbons (Fsp3) is 0.200. The van der Waals surface area contributed by atoms with E-state index in [2.05, 4.69) is 25.8 Å². The van der Waals surface area contributed by atoms with Crippen molar-refractivity contribution in [1.29, 1.82) is 0 Å². The van der Waals surface area contributed by atoms with Crippen LogP contribution in [0.1, 0.15) is 36.7 Å². The summed E-state index contributed by atoms with van der Waals surface area (Å²) in [7, 11) is 0. The summed E-state index contributed by atoms with van der Waals surface area (Å²) in [6.07, 6.45) is 0. The average Bonchev–Trinajstić information content (AvgIpc) is 2.53. The standard InChI is InChI=1S/C20H19NO2/c1-20(2,3)14-9-10-17-15(11-14)16(19(22)23)12-18(21-17)13-7-5-4-6-8-13/h4-12H,1-3H3,(H,22,23). The molecule has 0 radical (unpaired) electrons. The number of fused-ring (bicyclic) bond motifs is 1. The van der Waals surface area contributed by atoms with Gasteiger partial charge in [-0.3, -0.25) is 0 Å². The maximum Gasteiger partial charge on any atom is 0.336 e. The van der Waals surface area contributed by atoms with Crippen LogP contribution in [-0.4, -0.2) is 16.1 Å². The average molecular weight is 305 g/mol. The van der Waals surface area contributed by atoms with E-state index >= 15 is 0 Å². The van der Waals surface area contributed by atoms with Gasteiger partial charge in [0.05, 0.1) is 16.8 Å². The number of benzene rings is 2. The van der Waals surface area contributed by atoms with Crippen LogP contribution in [0.4, 0.5) is 0 Å². The lowest BCUT2D eigenvalue weighted by Gasteiger charge is -2.20. The third kappa shape index (κ3) is 2.95. The van der Waals surface area contributed by atoms with Gasteiger partial charge in [0.15, 0.2) is 0 Å². The topological polar surface area (TPSA) is 50.2 Å². The van der Waals surface area contributed by atoms with Crippen molar-refractivity contribution >= 4 is 16.9 Å². The Morgan fingerprint density at radius 3 is 2.30 bits per heavy atom. The Morgan fingerprint density at radius 2 is 1.70 bits per heavy atom. The number of carboxylic acid groups (broad SMARTS) is 1. The van der Waals surface area contributed by atoms with Gasteiger partial charge in [-0.05, 0) is 29.2 Å². The maximum absolute atomic E-state index is 11.7. The van der Waals surface area contributed by atoms with Crippen molar-refractivity contribution in [2.45, 2.75) is 26.2 Å². The first-order valence-corrected chi connectivity index (χ1v) is 7.60. The zero-order valence-electron chi connectivity index (χ0n) is 13.5. The summed E-state index contributed by atoms with van der Waals surface area (Å²) in [5.74, 6) is -0.930. The van der Waals surface area contributed by atoms with E-state index in [0.29, 0.717) is 22.2 Å². The van der Waals surface area contributed by atoms with Gasteiger partial charge < -0.3 is 5.11 Å². The van der Waals surface area contributed by atoms with Crippen molar-refractivity contribution in [2.24, 2.45) is 0 Å². The van der Waals surface area contributed by atoms with Gasteiger partial charge in [0.2, 0.25) is 0 Å². The lowest BCUT2D eigenvalue weighted by Crippen LogP contribution is -2.11. The van der Waals surface area contributed by atoms with E-state index in [4.69, 9.17) is 0 Å². The van der Waals surface area contributed by atoms with Crippen LogP contribution in [0.25, 0.3) is 22.2 Å². The van der Waals surface area contributed by atoms with Crippen LogP contribution in [0.2, 0.25) is 0 Å². The number of pyridine rings is 1. The van der Waals surface area contributed by atoms with Crippen molar-refractivity contribution in [2.75, 3.05) is 0 Å². The van der Waals surface area contributed by atoms with E-state index in [1.165, 1.54) is 0 Å². The molecule has 0 bridgehead atoms. The van der Waals surface area contributed by atoms with E-state index in [1.54, 1.807) is 6.07 Å². The maximum atomic E-state index is 11.7. The van der Waals surface area contributed by atoms with Crippen LogP contribution in [0.15, 0.2) is 54.6 Å². The highest BCUT2D eigenvalue weighted by Gasteiger charge is 2.18. The van der Waals surface area contributed by atoms with E-state index in [9.17, 15) is 9.90 Å². The van der Waals surface area contributed by atoms with E-state index in [1.807, 2.05) is 48.5 Å². The molecular formula is C20H19NO2. The van der Waals surface area contributed by atoms with Crippen LogP contribution in [0.5, 0.6) is 0 Å². The second-order valence-electron chi connectivity index (χ2n) is 6.71. The van der Waals surface area contributed by atoms with Crippen molar-refractivity contribution in [3.63, 3.8) is 0 Å². The van der Waals surface area contributed by atoms with Crippen LogP contribution in [-0.2, 0) is 5.41 Å². The minimum atomic E-state index is -0.930. The summed E-state index contributed by atoms with van der Waals surface area (Å²) in [4.78, 5) is 16.4. The summed E-state index contributed by atoms with van der Waals surface area (Å²) in [6.45, 7) is 6.33.